The molecule has 0 aliphatic carbocycles. The lowest BCUT2D eigenvalue weighted by atomic mass is 10.0. The van der Waals surface area contributed by atoms with Crippen molar-refractivity contribution in [3.8, 4) is 0 Å². The van der Waals surface area contributed by atoms with Crippen LogP contribution in [-0.2, 0) is 29.6 Å². The first-order valence-corrected chi connectivity index (χ1v) is 10.0. The van der Waals surface area contributed by atoms with Crippen molar-refractivity contribution in [3.05, 3.63) is 52.0 Å². The Bertz CT molecular complexity index is 862. The van der Waals surface area contributed by atoms with Gasteiger partial charge >= 0.3 is 11.9 Å². The number of imidazole rings is 1. The molecule has 2 rings (SSSR count). The summed E-state index contributed by atoms with van der Waals surface area (Å²) in [4.78, 5) is 23.3. The van der Waals surface area contributed by atoms with Crippen LogP contribution in [0.15, 0.2) is 30.7 Å². The second-order valence-electron chi connectivity index (χ2n) is 7.59. The molecule has 0 spiro atoms. The average molecular weight is 443 g/mol. The van der Waals surface area contributed by atoms with E-state index in [0.29, 0.717) is 23.0 Å². The third kappa shape index (κ3) is 7.03. The molecule has 1 aromatic carbocycles. The summed E-state index contributed by atoms with van der Waals surface area (Å²) in [6, 6.07) is 3.28. The lowest BCUT2D eigenvalue weighted by molar-refractivity contribution is -0.671. The first-order chi connectivity index (χ1) is 13.5. The smallest absolute Gasteiger partial charge is 0.321 e. The van der Waals surface area contributed by atoms with Crippen LogP contribution in [0.3, 0.4) is 0 Å². The largest absolute Gasteiger partial charge is 0.480 e. The van der Waals surface area contributed by atoms with Crippen LogP contribution in [0.2, 0.25) is 10.0 Å². The van der Waals surface area contributed by atoms with Crippen molar-refractivity contribution in [1.82, 2.24) is 9.88 Å². The van der Waals surface area contributed by atoms with Gasteiger partial charge in [0.15, 0.2) is 0 Å². The number of aliphatic carboxylic acids is 2. The number of nitrogens with zero attached hydrogens (tertiary/aromatic N) is 2. The predicted octanol–water partition coefficient (Wildman–Crippen LogP) is 2.75. The fourth-order valence-electron chi connectivity index (χ4n) is 3.23. The third-order valence-corrected chi connectivity index (χ3v) is 4.87. The molecule has 7 nitrogen and oxygen atoms in total. The maximum atomic E-state index is 11.8. The van der Waals surface area contributed by atoms with Crippen LogP contribution in [0.4, 0.5) is 0 Å². The number of nitrogens with one attached hydrogen (secondary N) is 1. The van der Waals surface area contributed by atoms with Crippen molar-refractivity contribution in [3.63, 3.8) is 0 Å². The van der Waals surface area contributed by atoms with Gasteiger partial charge in [0.1, 0.15) is 30.5 Å². The minimum absolute atomic E-state index is 0.118. The molecule has 158 valence electrons. The van der Waals surface area contributed by atoms with Crippen molar-refractivity contribution < 1.29 is 24.4 Å². The molecular formula is C20H26Cl2N3O4+. The van der Waals surface area contributed by atoms with E-state index < -0.39 is 24.0 Å². The molecule has 1 heterocycles. The molecule has 0 fully saturated rings. The van der Waals surface area contributed by atoms with E-state index in [9.17, 15) is 19.8 Å². The SMILES string of the molecule is CC(C)CC(NC(Cc1c[n+](C)cn1Cc1cc(Cl)cc(Cl)c1)C(=O)O)C(=O)O. The third-order valence-electron chi connectivity index (χ3n) is 4.44. The summed E-state index contributed by atoms with van der Waals surface area (Å²) < 4.78 is 3.72. The minimum atomic E-state index is -1.10. The zero-order chi connectivity index (χ0) is 21.7. The number of carboxylic acids is 2. The monoisotopic (exact) mass is 442 g/mol. The lowest BCUT2D eigenvalue weighted by Gasteiger charge is -2.21. The molecule has 2 unspecified atom stereocenters. The fourth-order valence-corrected chi connectivity index (χ4v) is 3.80. The number of aryl methyl sites for hydroxylation is 1. The molecule has 0 aliphatic heterocycles. The number of carboxylic acid groups (broad SMARTS) is 2. The molecule has 0 radical (unpaired) electrons. The highest BCUT2D eigenvalue weighted by atomic mass is 35.5. The molecule has 3 N–H and O–H groups in total. The van der Waals surface area contributed by atoms with Crippen molar-refractivity contribution >= 4 is 35.1 Å². The van der Waals surface area contributed by atoms with Crippen molar-refractivity contribution in [2.75, 3.05) is 0 Å². The van der Waals surface area contributed by atoms with Crippen LogP contribution in [0.1, 0.15) is 31.5 Å². The van der Waals surface area contributed by atoms with Crippen LogP contribution in [0.5, 0.6) is 0 Å². The molecule has 29 heavy (non-hydrogen) atoms. The van der Waals surface area contributed by atoms with E-state index in [1.54, 1.807) is 18.2 Å². The van der Waals surface area contributed by atoms with Gasteiger partial charge in [-0.1, -0.05) is 37.0 Å². The summed E-state index contributed by atoms with van der Waals surface area (Å²) in [6.45, 7) is 4.25. The van der Waals surface area contributed by atoms with Gasteiger partial charge < -0.3 is 10.2 Å². The Balaban J connectivity index is 2.24. The molecule has 2 aromatic rings. The van der Waals surface area contributed by atoms with Gasteiger partial charge in [-0.2, -0.15) is 0 Å². The zero-order valence-electron chi connectivity index (χ0n) is 16.6. The number of rotatable bonds is 10. The number of hydrogen-bond acceptors (Lipinski definition) is 3. The standard InChI is InChI=1S/C20H25Cl2N3O4/c1-12(2)4-17(19(26)27)23-18(20(28)29)8-16-10-24(3)11-25(16)9-13-5-14(21)7-15(22)6-13/h5-7,10-12,17-18,23H,4,8-9H2,1-3H3,(H-,26,27,28,29)/p+1. The Morgan fingerprint density at radius 1 is 1.10 bits per heavy atom. The van der Waals surface area contributed by atoms with E-state index in [2.05, 4.69) is 5.32 Å². The molecule has 0 saturated heterocycles. The van der Waals surface area contributed by atoms with E-state index in [4.69, 9.17) is 23.2 Å². The van der Waals surface area contributed by atoms with Gasteiger partial charge in [0.25, 0.3) is 0 Å². The Morgan fingerprint density at radius 3 is 2.21 bits per heavy atom. The summed E-state index contributed by atoms with van der Waals surface area (Å²) in [5.74, 6) is -2.03. The van der Waals surface area contributed by atoms with Crippen molar-refractivity contribution in [2.24, 2.45) is 13.0 Å². The highest BCUT2D eigenvalue weighted by molar-refractivity contribution is 6.34. The van der Waals surface area contributed by atoms with Crippen LogP contribution in [0, 0.1) is 5.92 Å². The molecule has 0 bridgehead atoms. The quantitative estimate of drug-likeness (QED) is 0.491. The van der Waals surface area contributed by atoms with E-state index in [1.165, 1.54) is 0 Å². The summed E-state index contributed by atoms with van der Waals surface area (Å²) in [7, 11) is 1.84. The van der Waals surface area contributed by atoms with Gasteiger partial charge in [-0.3, -0.25) is 14.9 Å². The summed E-state index contributed by atoms with van der Waals surface area (Å²) in [5, 5.41) is 22.9. The van der Waals surface area contributed by atoms with Gasteiger partial charge in [-0.05, 0) is 36.1 Å². The number of halogens is 2. The molecule has 0 saturated carbocycles. The molecule has 0 aliphatic rings. The Morgan fingerprint density at radius 2 is 1.69 bits per heavy atom. The van der Waals surface area contributed by atoms with E-state index >= 15 is 0 Å². The van der Waals surface area contributed by atoms with Crippen LogP contribution in [-0.4, -0.2) is 38.8 Å². The second-order valence-corrected chi connectivity index (χ2v) is 8.46. The van der Waals surface area contributed by atoms with Gasteiger partial charge in [-0.15, -0.1) is 0 Å². The predicted molar refractivity (Wildman–Crippen MR) is 110 cm³/mol. The Hall–Kier alpha value is -2.09. The number of benzene rings is 1. The van der Waals surface area contributed by atoms with E-state index in [-0.39, 0.29) is 12.3 Å². The zero-order valence-corrected chi connectivity index (χ0v) is 18.1. The average Bonchev–Trinajstić information content (AvgIpc) is 2.90. The first kappa shape index (κ1) is 23.2. The van der Waals surface area contributed by atoms with Crippen LogP contribution >= 0.6 is 23.2 Å². The Kier molecular flexibility index (Phi) is 8.07. The first-order valence-electron chi connectivity index (χ1n) is 9.26. The normalized spacial score (nSPS) is 13.4. The van der Waals surface area contributed by atoms with Crippen LogP contribution < -0.4 is 9.88 Å². The number of hydrogen-bond donors (Lipinski definition) is 3. The second kappa shape index (κ2) is 10.1. The van der Waals surface area contributed by atoms with Crippen LogP contribution in [0.25, 0.3) is 0 Å². The number of aromatic nitrogens is 2. The summed E-state index contributed by atoms with van der Waals surface area (Å²) in [5.41, 5.74) is 1.63. The van der Waals surface area contributed by atoms with Gasteiger partial charge in [-0.25, -0.2) is 9.13 Å². The molecule has 1 aromatic heterocycles. The molecule has 2 atom stereocenters. The van der Waals surface area contributed by atoms with Gasteiger partial charge in [0.05, 0.1) is 7.05 Å². The summed E-state index contributed by atoms with van der Waals surface area (Å²) in [6.07, 6.45) is 4.13. The molecular weight excluding hydrogens is 417 g/mol. The summed E-state index contributed by atoms with van der Waals surface area (Å²) >= 11 is 12.1. The van der Waals surface area contributed by atoms with E-state index in [1.807, 2.05) is 42.6 Å². The van der Waals surface area contributed by atoms with Crippen molar-refractivity contribution in [1.29, 1.82) is 0 Å². The fraction of sp³-hybridized carbons (Fsp3) is 0.450. The molecule has 9 heteroatoms. The topological polar surface area (TPSA) is 95.4 Å². The van der Waals surface area contributed by atoms with Crippen molar-refractivity contribution in [2.45, 2.75) is 45.3 Å². The maximum Gasteiger partial charge on any atom is 0.321 e. The highest BCUT2D eigenvalue weighted by Gasteiger charge is 2.29. The Labute approximate surface area is 179 Å². The number of carbonyl (C=O) groups is 2. The van der Waals surface area contributed by atoms with E-state index in [0.717, 1.165) is 11.3 Å². The van der Waals surface area contributed by atoms with Gasteiger partial charge in [0.2, 0.25) is 6.33 Å². The maximum absolute atomic E-state index is 11.8. The molecule has 0 amide bonds. The van der Waals surface area contributed by atoms with Gasteiger partial charge in [0, 0.05) is 16.5 Å². The lowest BCUT2D eigenvalue weighted by Crippen LogP contribution is -2.49. The highest BCUT2D eigenvalue weighted by Crippen LogP contribution is 2.20. The minimum Gasteiger partial charge on any atom is -0.480 e.